The Labute approximate surface area is 199 Å². The van der Waals surface area contributed by atoms with Gasteiger partial charge in [0.15, 0.2) is 0 Å². The largest absolute Gasteiger partial charge is 0.0578 e. The molecular formula is C33H38. The Hall–Kier alpha value is -1.56. The molecule has 9 aliphatic rings. The predicted molar refractivity (Wildman–Crippen MR) is 134 cm³/mol. The molecule has 9 aliphatic carbocycles. The minimum Gasteiger partial charge on any atom is -0.0578 e. The van der Waals surface area contributed by atoms with Gasteiger partial charge in [0.05, 0.1) is 0 Å². The van der Waals surface area contributed by atoms with Gasteiger partial charge in [0, 0.05) is 0 Å². The highest BCUT2D eigenvalue weighted by atomic mass is 14.6. The standard InChI is InChI=1S/C33H38/c1-3-30-26(12-28(1)32-14-20-5-21(15-32)7-22(6-20)16-32)11-27-13-29(2-4-31(27)30)33-17-23-8-24(18-33)10-25(9-23)19-33/h1-4,12-13,20-25H,5-11,14-19H2. The molecule has 0 unspecified atom stereocenters. The molecule has 170 valence electrons. The van der Waals surface area contributed by atoms with E-state index in [1.165, 1.54) is 44.9 Å². The van der Waals surface area contributed by atoms with Crippen molar-refractivity contribution >= 4 is 0 Å². The molecule has 0 heterocycles. The summed E-state index contributed by atoms with van der Waals surface area (Å²) in [6.07, 6.45) is 19.4. The first-order chi connectivity index (χ1) is 16.1. The maximum Gasteiger partial charge on any atom is -0.00132 e. The van der Waals surface area contributed by atoms with Gasteiger partial charge in [0.2, 0.25) is 0 Å². The van der Waals surface area contributed by atoms with E-state index in [-0.39, 0.29) is 0 Å². The van der Waals surface area contributed by atoms with Gasteiger partial charge < -0.3 is 0 Å². The van der Waals surface area contributed by atoms with Crippen LogP contribution in [0, 0.1) is 35.5 Å². The smallest absolute Gasteiger partial charge is 0.00132 e. The molecule has 2 aromatic rings. The number of hydrogen-bond acceptors (Lipinski definition) is 0. The molecular weight excluding hydrogens is 396 g/mol. The van der Waals surface area contributed by atoms with Crippen molar-refractivity contribution in [3.63, 3.8) is 0 Å². The molecule has 8 bridgehead atoms. The van der Waals surface area contributed by atoms with Gasteiger partial charge in [-0.15, -0.1) is 0 Å². The highest BCUT2D eigenvalue weighted by Gasteiger charge is 2.53. The molecule has 8 saturated carbocycles. The lowest BCUT2D eigenvalue weighted by atomic mass is 9.48. The molecule has 33 heavy (non-hydrogen) atoms. The van der Waals surface area contributed by atoms with Crippen LogP contribution in [0.3, 0.4) is 0 Å². The van der Waals surface area contributed by atoms with Gasteiger partial charge in [-0.2, -0.15) is 0 Å². The van der Waals surface area contributed by atoms with Crippen LogP contribution in [0.1, 0.15) is 99.3 Å². The van der Waals surface area contributed by atoms with Crippen molar-refractivity contribution in [3.8, 4) is 11.1 Å². The quantitative estimate of drug-likeness (QED) is 0.381. The van der Waals surface area contributed by atoms with Gasteiger partial charge in [-0.3, -0.25) is 0 Å². The average molecular weight is 435 g/mol. The van der Waals surface area contributed by atoms with Crippen LogP contribution in [0.25, 0.3) is 11.1 Å². The first-order valence-electron chi connectivity index (χ1n) is 14.4. The molecule has 0 spiro atoms. The minimum absolute atomic E-state index is 0.531. The fraction of sp³-hybridized carbons (Fsp3) is 0.636. The predicted octanol–water partition coefficient (Wildman–Crippen LogP) is 8.19. The zero-order valence-electron chi connectivity index (χ0n) is 20.1. The minimum atomic E-state index is 0.531. The molecule has 0 atom stereocenters. The summed E-state index contributed by atoms with van der Waals surface area (Å²) in [7, 11) is 0. The summed E-state index contributed by atoms with van der Waals surface area (Å²) in [6, 6.07) is 15.6. The van der Waals surface area contributed by atoms with E-state index >= 15 is 0 Å². The normalized spacial score (nSPS) is 45.5. The maximum absolute atomic E-state index is 2.69. The van der Waals surface area contributed by atoms with Gasteiger partial charge in [0.1, 0.15) is 0 Å². The van der Waals surface area contributed by atoms with Crippen LogP contribution >= 0.6 is 0 Å². The third-order valence-corrected chi connectivity index (χ3v) is 12.2. The van der Waals surface area contributed by atoms with Crippen molar-refractivity contribution in [1.82, 2.24) is 0 Å². The molecule has 0 nitrogen and oxygen atoms in total. The summed E-state index contributed by atoms with van der Waals surface area (Å²) in [6.45, 7) is 0. The Kier molecular flexibility index (Phi) is 3.50. The van der Waals surface area contributed by atoms with Crippen LogP contribution in [-0.2, 0) is 17.3 Å². The number of fused-ring (bicyclic) bond motifs is 3. The maximum atomic E-state index is 2.69. The third-order valence-electron chi connectivity index (χ3n) is 12.2. The molecule has 8 fully saturated rings. The number of rotatable bonds is 2. The van der Waals surface area contributed by atoms with E-state index < -0.39 is 0 Å². The molecule has 0 N–H and O–H groups in total. The first-order valence-corrected chi connectivity index (χ1v) is 14.4. The van der Waals surface area contributed by atoms with Crippen LogP contribution in [0.15, 0.2) is 36.4 Å². The van der Waals surface area contributed by atoms with E-state index in [0.29, 0.717) is 10.8 Å². The van der Waals surface area contributed by atoms with E-state index in [1.54, 1.807) is 71.9 Å². The van der Waals surface area contributed by atoms with E-state index in [0.717, 1.165) is 35.5 Å². The van der Waals surface area contributed by atoms with Gasteiger partial charge in [-0.25, -0.2) is 0 Å². The summed E-state index contributed by atoms with van der Waals surface area (Å²) < 4.78 is 0. The fourth-order valence-corrected chi connectivity index (χ4v) is 11.8. The first kappa shape index (κ1) is 18.7. The monoisotopic (exact) mass is 434 g/mol. The zero-order valence-corrected chi connectivity index (χ0v) is 20.1. The molecule has 2 aromatic carbocycles. The molecule has 0 saturated heterocycles. The van der Waals surface area contributed by atoms with Crippen molar-refractivity contribution in [3.05, 3.63) is 58.7 Å². The van der Waals surface area contributed by atoms with Crippen molar-refractivity contribution in [1.29, 1.82) is 0 Å². The van der Waals surface area contributed by atoms with E-state index in [4.69, 9.17) is 0 Å². The van der Waals surface area contributed by atoms with Crippen LogP contribution in [0.2, 0.25) is 0 Å². The molecule has 11 rings (SSSR count). The summed E-state index contributed by atoms with van der Waals surface area (Å²) >= 11 is 0. The lowest BCUT2D eigenvalue weighted by Gasteiger charge is -2.57. The van der Waals surface area contributed by atoms with Crippen LogP contribution in [0.4, 0.5) is 0 Å². The van der Waals surface area contributed by atoms with Crippen molar-refractivity contribution < 1.29 is 0 Å². The molecule has 0 amide bonds. The molecule has 0 heteroatoms. The van der Waals surface area contributed by atoms with Gasteiger partial charge in [0.25, 0.3) is 0 Å². The summed E-state index contributed by atoms with van der Waals surface area (Å²) in [4.78, 5) is 0. The number of hydrogen-bond donors (Lipinski definition) is 0. The Morgan fingerprint density at radius 3 is 1.12 bits per heavy atom. The van der Waals surface area contributed by atoms with Crippen molar-refractivity contribution in [2.24, 2.45) is 35.5 Å². The van der Waals surface area contributed by atoms with E-state index in [9.17, 15) is 0 Å². The second-order valence-electron chi connectivity index (χ2n) is 14.3. The van der Waals surface area contributed by atoms with Gasteiger partial charge in [-0.05, 0) is 163 Å². The Bertz CT molecular complexity index is 1000. The van der Waals surface area contributed by atoms with E-state index in [1.807, 2.05) is 0 Å². The van der Waals surface area contributed by atoms with Gasteiger partial charge in [-0.1, -0.05) is 36.4 Å². The highest BCUT2D eigenvalue weighted by Crippen LogP contribution is 2.62. The number of benzene rings is 2. The van der Waals surface area contributed by atoms with Crippen molar-refractivity contribution in [2.45, 2.75) is 94.3 Å². The lowest BCUT2D eigenvalue weighted by molar-refractivity contribution is -0.00530. The molecule has 0 aliphatic heterocycles. The van der Waals surface area contributed by atoms with Crippen LogP contribution < -0.4 is 0 Å². The zero-order chi connectivity index (χ0) is 21.4. The topological polar surface area (TPSA) is 0 Å². The van der Waals surface area contributed by atoms with Gasteiger partial charge >= 0.3 is 0 Å². The fourth-order valence-electron chi connectivity index (χ4n) is 11.8. The Morgan fingerprint density at radius 1 is 0.455 bits per heavy atom. The second kappa shape index (κ2) is 6.16. The third kappa shape index (κ3) is 2.54. The summed E-state index contributed by atoms with van der Waals surface area (Å²) in [5, 5.41) is 0. The Morgan fingerprint density at radius 2 is 0.788 bits per heavy atom. The summed E-state index contributed by atoms with van der Waals surface area (Å²) in [5.41, 5.74) is 10.9. The van der Waals surface area contributed by atoms with Crippen molar-refractivity contribution in [2.75, 3.05) is 0 Å². The lowest BCUT2D eigenvalue weighted by Crippen LogP contribution is -2.48. The molecule has 0 aromatic heterocycles. The SMILES string of the molecule is c1cc2c(cc1C13CC4CC(CC(C4)C1)C3)Cc1cc(C34CC5CC(CC(C5)C3)C4)ccc1-2. The van der Waals surface area contributed by atoms with Crippen LogP contribution in [0.5, 0.6) is 0 Å². The average Bonchev–Trinajstić information content (AvgIpc) is 3.14. The highest BCUT2D eigenvalue weighted by molar-refractivity contribution is 5.77. The van der Waals surface area contributed by atoms with Crippen LogP contribution in [-0.4, -0.2) is 0 Å². The van der Waals surface area contributed by atoms with E-state index in [2.05, 4.69) is 36.4 Å². The molecule has 0 radical (unpaired) electrons. The Balaban J connectivity index is 1.07. The summed E-state index contributed by atoms with van der Waals surface area (Å²) in [5.74, 6) is 6.19. The second-order valence-corrected chi connectivity index (χ2v) is 14.3.